The van der Waals surface area contributed by atoms with Crippen molar-refractivity contribution in [3.05, 3.63) is 46.9 Å². The highest BCUT2D eigenvalue weighted by molar-refractivity contribution is 9.10. The van der Waals surface area contributed by atoms with Crippen LogP contribution in [0.1, 0.15) is 13.8 Å². The van der Waals surface area contributed by atoms with Crippen molar-refractivity contribution in [3.8, 4) is 11.5 Å². The SMILES string of the molecule is CCN(CC)S(=O)(=O)c1ccc(Oc2ccc(Br)cc2)c(N)c1. The lowest BCUT2D eigenvalue weighted by Gasteiger charge is -2.19. The third kappa shape index (κ3) is 4.04. The first-order chi connectivity index (χ1) is 10.9. The van der Waals surface area contributed by atoms with Gasteiger partial charge in [-0.25, -0.2) is 8.42 Å². The van der Waals surface area contributed by atoms with E-state index in [1.807, 2.05) is 12.1 Å². The summed E-state index contributed by atoms with van der Waals surface area (Å²) in [5.74, 6) is 1.05. The average Bonchev–Trinajstić information content (AvgIpc) is 2.52. The molecule has 23 heavy (non-hydrogen) atoms. The highest BCUT2D eigenvalue weighted by Crippen LogP contribution is 2.31. The van der Waals surface area contributed by atoms with Crippen LogP contribution in [-0.2, 0) is 10.0 Å². The van der Waals surface area contributed by atoms with Crippen LogP contribution in [0.5, 0.6) is 11.5 Å². The van der Waals surface area contributed by atoms with Gasteiger partial charge in [-0.2, -0.15) is 4.31 Å². The lowest BCUT2D eigenvalue weighted by atomic mass is 10.3. The lowest BCUT2D eigenvalue weighted by Crippen LogP contribution is -2.30. The van der Waals surface area contributed by atoms with Gasteiger partial charge in [0.1, 0.15) is 11.5 Å². The van der Waals surface area contributed by atoms with E-state index in [0.717, 1.165) is 4.47 Å². The minimum absolute atomic E-state index is 0.168. The van der Waals surface area contributed by atoms with Gasteiger partial charge in [0.15, 0.2) is 0 Å². The maximum Gasteiger partial charge on any atom is 0.243 e. The van der Waals surface area contributed by atoms with E-state index >= 15 is 0 Å². The number of rotatable bonds is 6. The molecule has 2 aromatic rings. The molecule has 2 N–H and O–H groups in total. The fraction of sp³-hybridized carbons (Fsp3) is 0.250. The molecule has 0 heterocycles. The van der Waals surface area contributed by atoms with E-state index in [4.69, 9.17) is 10.5 Å². The van der Waals surface area contributed by atoms with E-state index < -0.39 is 10.0 Å². The van der Waals surface area contributed by atoms with Crippen molar-refractivity contribution in [2.24, 2.45) is 0 Å². The highest BCUT2D eigenvalue weighted by Gasteiger charge is 2.22. The topological polar surface area (TPSA) is 72.6 Å². The number of nitrogens with zero attached hydrogens (tertiary/aromatic N) is 1. The summed E-state index contributed by atoms with van der Waals surface area (Å²) in [7, 11) is -3.53. The minimum Gasteiger partial charge on any atom is -0.455 e. The van der Waals surface area contributed by atoms with Gasteiger partial charge in [0.05, 0.1) is 10.6 Å². The first-order valence-corrected chi connectivity index (χ1v) is 9.45. The summed E-state index contributed by atoms with van der Waals surface area (Å²) in [4.78, 5) is 0.168. The van der Waals surface area contributed by atoms with Crippen molar-refractivity contribution < 1.29 is 13.2 Å². The summed E-state index contributed by atoms with van der Waals surface area (Å²) in [5.41, 5.74) is 6.24. The smallest absolute Gasteiger partial charge is 0.243 e. The molecule has 2 rings (SSSR count). The van der Waals surface area contributed by atoms with Gasteiger partial charge >= 0.3 is 0 Å². The van der Waals surface area contributed by atoms with Crippen LogP contribution in [0.25, 0.3) is 0 Å². The number of anilines is 1. The summed E-state index contributed by atoms with van der Waals surface area (Å²) in [6, 6.07) is 11.8. The maximum atomic E-state index is 12.5. The van der Waals surface area contributed by atoms with Gasteiger partial charge < -0.3 is 10.5 Å². The second-order valence-electron chi connectivity index (χ2n) is 4.84. The number of hydrogen-bond donors (Lipinski definition) is 1. The molecule has 0 fully saturated rings. The van der Waals surface area contributed by atoms with E-state index in [-0.39, 0.29) is 10.6 Å². The molecule has 0 radical (unpaired) electrons. The Hall–Kier alpha value is -1.57. The molecule has 0 aromatic heterocycles. The maximum absolute atomic E-state index is 12.5. The molecular formula is C16H19BrN2O3S. The van der Waals surface area contributed by atoms with Gasteiger partial charge in [0, 0.05) is 17.6 Å². The molecule has 0 amide bonds. The Balaban J connectivity index is 2.29. The predicted molar refractivity (Wildman–Crippen MR) is 95.2 cm³/mol. The third-order valence-corrected chi connectivity index (χ3v) is 5.94. The van der Waals surface area contributed by atoms with Crippen LogP contribution in [0.4, 0.5) is 5.69 Å². The average molecular weight is 399 g/mol. The predicted octanol–water partition coefficient (Wildman–Crippen LogP) is 3.85. The number of hydrogen-bond acceptors (Lipinski definition) is 4. The zero-order chi connectivity index (χ0) is 17.0. The Labute approximate surface area is 145 Å². The number of ether oxygens (including phenoxy) is 1. The fourth-order valence-corrected chi connectivity index (χ4v) is 3.88. The number of nitrogens with two attached hydrogens (primary N) is 1. The van der Waals surface area contributed by atoms with E-state index in [1.54, 1.807) is 32.0 Å². The Morgan fingerprint density at radius 3 is 2.22 bits per heavy atom. The summed E-state index contributed by atoms with van der Waals surface area (Å²) < 4.78 is 33.0. The fourth-order valence-electron chi connectivity index (χ4n) is 2.12. The van der Waals surface area contributed by atoms with E-state index in [9.17, 15) is 8.42 Å². The van der Waals surface area contributed by atoms with Crippen molar-refractivity contribution in [3.63, 3.8) is 0 Å². The summed E-state index contributed by atoms with van der Waals surface area (Å²) >= 11 is 3.35. The zero-order valence-corrected chi connectivity index (χ0v) is 15.4. The summed E-state index contributed by atoms with van der Waals surface area (Å²) in [5, 5.41) is 0. The van der Waals surface area contributed by atoms with Gasteiger partial charge in [-0.1, -0.05) is 29.8 Å². The van der Waals surface area contributed by atoms with Crippen LogP contribution in [-0.4, -0.2) is 25.8 Å². The van der Waals surface area contributed by atoms with E-state index in [1.165, 1.54) is 16.4 Å². The zero-order valence-electron chi connectivity index (χ0n) is 13.0. The first-order valence-electron chi connectivity index (χ1n) is 7.21. The molecule has 0 aliphatic heterocycles. The second-order valence-corrected chi connectivity index (χ2v) is 7.70. The highest BCUT2D eigenvalue weighted by atomic mass is 79.9. The van der Waals surface area contributed by atoms with E-state index in [0.29, 0.717) is 24.6 Å². The molecule has 0 saturated carbocycles. The van der Waals surface area contributed by atoms with Gasteiger partial charge in [0.2, 0.25) is 10.0 Å². The van der Waals surface area contributed by atoms with Crippen molar-refractivity contribution in [2.45, 2.75) is 18.7 Å². The number of halogens is 1. The van der Waals surface area contributed by atoms with Crippen molar-refractivity contribution in [2.75, 3.05) is 18.8 Å². The Kier molecular flexibility index (Phi) is 5.67. The van der Waals surface area contributed by atoms with Gasteiger partial charge in [-0.3, -0.25) is 0 Å². The molecule has 5 nitrogen and oxygen atoms in total. The van der Waals surface area contributed by atoms with Gasteiger partial charge in [0.25, 0.3) is 0 Å². The lowest BCUT2D eigenvalue weighted by molar-refractivity contribution is 0.445. The molecule has 0 spiro atoms. The van der Waals surface area contributed by atoms with Crippen molar-refractivity contribution in [1.82, 2.24) is 4.31 Å². The van der Waals surface area contributed by atoms with Crippen molar-refractivity contribution in [1.29, 1.82) is 0 Å². The third-order valence-electron chi connectivity index (χ3n) is 3.37. The van der Waals surface area contributed by atoms with Crippen LogP contribution in [0.3, 0.4) is 0 Å². The van der Waals surface area contributed by atoms with Crippen LogP contribution in [0, 0.1) is 0 Å². The Bertz CT molecular complexity index is 772. The molecular weight excluding hydrogens is 380 g/mol. The quantitative estimate of drug-likeness (QED) is 0.749. The summed E-state index contributed by atoms with van der Waals surface area (Å²) in [6.07, 6.45) is 0. The molecule has 0 unspecified atom stereocenters. The van der Waals surface area contributed by atoms with Crippen LogP contribution in [0.2, 0.25) is 0 Å². The molecule has 0 saturated heterocycles. The van der Waals surface area contributed by atoms with Crippen LogP contribution in [0.15, 0.2) is 51.8 Å². The first kappa shape index (κ1) is 17.8. The molecule has 0 aliphatic carbocycles. The Morgan fingerprint density at radius 2 is 1.70 bits per heavy atom. The second kappa shape index (κ2) is 7.33. The number of benzene rings is 2. The van der Waals surface area contributed by atoms with E-state index in [2.05, 4.69) is 15.9 Å². The molecule has 124 valence electrons. The molecule has 7 heteroatoms. The minimum atomic E-state index is -3.53. The molecule has 2 aromatic carbocycles. The van der Waals surface area contributed by atoms with Crippen molar-refractivity contribution >= 4 is 31.6 Å². The largest absolute Gasteiger partial charge is 0.455 e. The Morgan fingerprint density at radius 1 is 1.09 bits per heavy atom. The number of nitrogen functional groups attached to an aromatic ring is 1. The normalized spacial score (nSPS) is 11.7. The monoisotopic (exact) mass is 398 g/mol. The molecule has 0 aliphatic rings. The van der Waals surface area contributed by atoms with Crippen LogP contribution >= 0.6 is 15.9 Å². The van der Waals surface area contributed by atoms with Crippen LogP contribution < -0.4 is 10.5 Å². The number of sulfonamides is 1. The summed E-state index contributed by atoms with van der Waals surface area (Å²) in [6.45, 7) is 4.43. The van der Waals surface area contributed by atoms with Gasteiger partial charge in [-0.05, 0) is 42.5 Å². The molecule has 0 atom stereocenters. The van der Waals surface area contributed by atoms with Gasteiger partial charge in [-0.15, -0.1) is 0 Å². The standard InChI is InChI=1S/C16H19BrN2O3S/c1-3-19(4-2)23(20,21)14-9-10-16(15(18)11-14)22-13-7-5-12(17)6-8-13/h5-11H,3-4,18H2,1-2H3. The molecule has 0 bridgehead atoms.